The smallest absolute Gasteiger partial charge is 0.216 e. The van der Waals surface area contributed by atoms with Crippen LogP contribution in [0, 0.1) is 56.4 Å². The second-order valence-corrected chi connectivity index (χ2v) is 4.44. The molecule has 0 saturated carbocycles. The summed E-state index contributed by atoms with van der Waals surface area (Å²) in [7, 11) is 1.60. The fourth-order valence-corrected chi connectivity index (χ4v) is 0. The predicted octanol–water partition coefficient (Wildman–Crippen LogP) is 11.3. The summed E-state index contributed by atoms with van der Waals surface area (Å²) in [5.41, 5.74) is 0. The maximum atomic E-state index is 9.70. The van der Waals surface area contributed by atoms with Gasteiger partial charge in [-0.3, -0.25) is 4.79 Å². The molecule has 0 bridgehead atoms. The van der Waals surface area contributed by atoms with Crippen molar-refractivity contribution in [2.45, 2.75) is 139 Å². The number of carbonyl (C=O) groups excluding carboxylic acids is 5. The zero-order chi connectivity index (χ0) is 34.6. The van der Waals surface area contributed by atoms with E-state index in [9.17, 15) is 24.0 Å². The Hall–Kier alpha value is 4.32. The fraction of sp³-hybridized carbons (Fsp3) is 0.618. The van der Waals surface area contributed by atoms with Crippen LogP contribution in [-0.2, 0) is 188 Å². The molecule has 5 radical (unpaired) electrons. The largest absolute Gasteiger partial charge is 0.693 e. The molecule has 0 spiro atoms. The number of carbonyl (C=O) groups is 5. The number of rotatable bonds is 0. The minimum absolute atomic E-state index is 0. The van der Waals surface area contributed by atoms with Gasteiger partial charge < -0.3 is 92.5 Å². The molecule has 0 atom stereocenters. The van der Waals surface area contributed by atoms with Crippen LogP contribution in [0.4, 0.5) is 0 Å². The number of nitrogens with two attached hydrogens (primary N) is 1. The van der Waals surface area contributed by atoms with Crippen LogP contribution in [-0.4, -0.2) is 41.6 Å². The Morgan fingerprint density at radius 1 is 0.396 bits per heavy atom. The molecule has 0 fully saturated rings. The SMILES string of the molecule is C.CC.CC.CC(C)=O.CC(C)=O.CC(C)=O.CC(C)=O.CNC(C)=O.I.O.[CH2-]C.[CH2-]C.[CH2-]C.[CH2-]C.[CH2-]C.[CH2-]C.[CH3-].[CH3-].[NH2-].[Y].[Y].[Y].[Y].[Y]. The Balaban J connectivity index is -0.00000000589. The monoisotopic (exact) mass is 1190 g/mol. The van der Waals surface area contributed by atoms with Crippen LogP contribution in [0.5, 0.6) is 0 Å². The maximum Gasteiger partial charge on any atom is 0.216 e. The van der Waals surface area contributed by atoms with Crippen molar-refractivity contribution >= 4 is 53.0 Å². The minimum atomic E-state index is 0. The summed E-state index contributed by atoms with van der Waals surface area (Å²) in [6, 6.07) is 0. The van der Waals surface area contributed by atoms with Crippen LogP contribution >= 0.6 is 24.0 Å². The van der Waals surface area contributed by atoms with Crippen molar-refractivity contribution in [1.82, 2.24) is 5.32 Å². The van der Waals surface area contributed by atoms with E-state index in [4.69, 9.17) is 0 Å². The molecular formula is C34H88IN2O6Y5-9. The standard InChI is InChI=1S/C3H7NO.4C3H6O.2C2H6.6C2H5.CH4.2CH3.HI.H2N.H2O.5Y/c1-3(5)4-2;4*1-3(2)4;8*1-2;;;;;;;;;;;/h1-2H3,(H,4,5);4*1-2H3;2*1-2H3;6*1H2,2H3;1H4;2*1H3;1H;2*1H2;;;;;/q;;;;;;;6*-1;;2*-1;;-1;;;;;;. The molecule has 0 aromatic carbocycles. The van der Waals surface area contributed by atoms with Gasteiger partial charge in [-0.2, -0.15) is 41.5 Å². The first kappa shape index (κ1) is 172. The van der Waals surface area contributed by atoms with Crippen molar-refractivity contribution in [3.05, 3.63) is 62.5 Å². The number of ketones is 4. The Bertz CT molecular complexity index is 289. The number of amides is 1. The average molecular weight is 1190 g/mol. The van der Waals surface area contributed by atoms with Crippen LogP contribution < -0.4 is 5.32 Å². The van der Waals surface area contributed by atoms with Gasteiger partial charge in [-0.25, -0.2) is 0 Å². The van der Waals surface area contributed by atoms with Crippen molar-refractivity contribution < 1.29 is 193 Å². The summed E-state index contributed by atoms with van der Waals surface area (Å²) >= 11 is 0. The Morgan fingerprint density at radius 3 is 0.417 bits per heavy atom. The number of nitrogens with one attached hydrogen (secondary N) is 1. The van der Waals surface area contributed by atoms with E-state index in [1.807, 2.05) is 27.7 Å². The summed E-state index contributed by atoms with van der Waals surface area (Å²) in [4.78, 5) is 47.5. The molecule has 8 nitrogen and oxygen atoms in total. The van der Waals surface area contributed by atoms with Crippen LogP contribution in [0.25, 0.3) is 6.15 Å². The van der Waals surface area contributed by atoms with Gasteiger partial charge in [-0.1, -0.05) is 35.1 Å². The molecule has 48 heavy (non-hydrogen) atoms. The van der Waals surface area contributed by atoms with Gasteiger partial charge >= 0.3 is 0 Å². The van der Waals surface area contributed by atoms with Crippen LogP contribution in [0.3, 0.4) is 0 Å². The first-order chi connectivity index (χ1) is 17.2. The number of halogens is 1. The van der Waals surface area contributed by atoms with E-state index in [1.54, 1.807) is 48.6 Å². The molecule has 14 heteroatoms. The molecule has 1 amide bonds. The van der Waals surface area contributed by atoms with Gasteiger partial charge in [-0.15, -0.1) is 24.0 Å². The minimum Gasteiger partial charge on any atom is -0.693 e. The van der Waals surface area contributed by atoms with E-state index in [2.05, 4.69) is 46.9 Å². The number of hydrogen-bond donors (Lipinski definition) is 1. The molecule has 0 aliphatic heterocycles. The van der Waals surface area contributed by atoms with Crippen molar-refractivity contribution in [1.29, 1.82) is 0 Å². The summed E-state index contributed by atoms with van der Waals surface area (Å²) in [6.07, 6.45) is 0. The first-order valence-corrected chi connectivity index (χ1v) is 12.5. The van der Waals surface area contributed by atoms with E-state index in [0.717, 1.165) is 0 Å². The molecule has 0 heterocycles. The fourth-order valence-electron chi connectivity index (χ4n) is 0. The summed E-state index contributed by atoms with van der Waals surface area (Å²) in [5, 5.41) is 2.39. The Kier molecular flexibility index (Phi) is 1130. The van der Waals surface area contributed by atoms with Crippen LogP contribution in [0.15, 0.2) is 0 Å². The molecule has 0 aliphatic rings. The molecule has 5 N–H and O–H groups in total. The van der Waals surface area contributed by atoms with Gasteiger partial charge in [0, 0.05) is 178 Å². The molecule has 0 rings (SSSR count). The third-order valence-corrected chi connectivity index (χ3v) is 0.352. The third kappa shape index (κ3) is 3060. The second-order valence-electron chi connectivity index (χ2n) is 4.44. The molecule has 301 valence electrons. The molecular weight excluding hydrogens is 1100 g/mol. The maximum absolute atomic E-state index is 9.70. The van der Waals surface area contributed by atoms with Gasteiger partial charge in [0.1, 0.15) is 23.1 Å². The van der Waals surface area contributed by atoms with Gasteiger partial charge in [0.15, 0.2) is 0 Å². The van der Waals surface area contributed by atoms with Gasteiger partial charge in [0.25, 0.3) is 0 Å². The zero-order valence-corrected chi connectivity index (χ0v) is 52.2. The van der Waals surface area contributed by atoms with Gasteiger partial charge in [0.2, 0.25) is 5.91 Å². The number of Topliss-reactive ketones (excluding diaryl/α,β-unsaturated/α-hetero) is 4. The van der Waals surface area contributed by atoms with E-state index in [-0.39, 0.29) is 250 Å². The van der Waals surface area contributed by atoms with Crippen molar-refractivity contribution in [3.8, 4) is 0 Å². The van der Waals surface area contributed by atoms with Gasteiger partial charge in [-0.05, 0) is 55.4 Å². The molecule has 0 saturated heterocycles. The summed E-state index contributed by atoms with van der Waals surface area (Å²) in [5.74, 6) is 0.671. The third-order valence-electron chi connectivity index (χ3n) is 0.352. The molecule has 0 aromatic heterocycles. The van der Waals surface area contributed by atoms with Gasteiger partial charge in [0.05, 0.1) is 0 Å². The normalized spacial score (nSPS) is 3.88. The quantitative estimate of drug-likeness (QED) is 0.188. The Morgan fingerprint density at radius 2 is 0.417 bits per heavy atom. The predicted molar refractivity (Wildman–Crippen MR) is 218 cm³/mol. The topological polar surface area (TPSA) is 162 Å². The second kappa shape index (κ2) is 315. The molecule has 0 aliphatic carbocycles. The molecule has 0 unspecified atom stereocenters. The van der Waals surface area contributed by atoms with Crippen molar-refractivity contribution in [3.63, 3.8) is 0 Å². The van der Waals surface area contributed by atoms with Crippen molar-refractivity contribution in [2.24, 2.45) is 0 Å². The van der Waals surface area contributed by atoms with E-state index >= 15 is 0 Å². The Labute approximate surface area is 452 Å². The van der Waals surface area contributed by atoms with E-state index in [0.29, 0.717) is 0 Å². The van der Waals surface area contributed by atoms with Crippen LogP contribution in [0.1, 0.15) is 139 Å². The van der Waals surface area contributed by atoms with Crippen molar-refractivity contribution in [2.75, 3.05) is 7.05 Å². The summed E-state index contributed by atoms with van der Waals surface area (Å²) in [6.45, 7) is 51.7. The first-order valence-electron chi connectivity index (χ1n) is 12.5. The zero-order valence-electron chi connectivity index (χ0n) is 35.7. The number of hydrogen-bond acceptors (Lipinski definition) is 5. The van der Waals surface area contributed by atoms with E-state index < -0.39 is 0 Å². The summed E-state index contributed by atoms with van der Waals surface area (Å²) < 4.78 is 0. The van der Waals surface area contributed by atoms with Crippen LogP contribution in [0.2, 0.25) is 0 Å². The average Bonchev–Trinajstić information content (AvgIpc) is 2.88. The molecule has 0 aromatic rings. The van der Waals surface area contributed by atoms with E-state index in [1.165, 1.54) is 62.3 Å².